The van der Waals surface area contributed by atoms with E-state index in [0.717, 1.165) is 17.0 Å². The zero-order chi connectivity index (χ0) is 19.6. The number of nitrogens with one attached hydrogen (secondary N) is 1. The van der Waals surface area contributed by atoms with Crippen LogP contribution >= 0.6 is 0 Å². The predicted molar refractivity (Wildman–Crippen MR) is 102 cm³/mol. The number of aryl methyl sites for hydroxylation is 1. The minimum atomic E-state index is -1.04. The lowest BCUT2D eigenvalue weighted by Gasteiger charge is -2.14. The van der Waals surface area contributed by atoms with E-state index in [1.165, 1.54) is 24.3 Å². The Labute approximate surface area is 155 Å². The van der Waals surface area contributed by atoms with Gasteiger partial charge in [-0.1, -0.05) is 19.1 Å². The highest BCUT2D eigenvalue weighted by molar-refractivity contribution is 6.28. The largest absolute Gasteiger partial charge is 0.325 e. The molecule has 2 aromatic carbocycles. The van der Waals surface area contributed by atoms with Crippen LogP contribution < -0.4 is 10.3 Å². The number of amides is 2. The van der Waals surface area contributed by atoms with E-state index in [0.29, 0.717) is 17.1 Å². The van der Waals surface area contributed by atoms with Gasteiger partial charge in [0, 0.05) is 17.8 Å². The van der Waals surface area contributed by atoms with Crippen molar-refractivity contribution in [3.05, 3.63) is 64.2 Å². The highest BCUT2D eigenvalue weighted by Gasteiger charge is 2.39. The number of nitro benzene ring substituents is 1. The zero-order valence-corrected chi connectivity index (χ0v) is 14.9. The third-order valence-electron chi connectivity index (χ3n) is 4.30. The molecule has 0 spiro atoms. The van der Waals surface area contributed by atoms with E-state index in [-0.39, 0.29) is 5.69 Å². The fraction of sp³-hybridized carbons (Fsp3) is 0.211. The Morgan fingerprint density at radius 1 is 1.26 bits per heavy atom. The zero-order valence-electron chi connectivity index (χ0n) is 14.9. The van der Waals surface area contributed by atoms with Crippen LogP contribution in [0.2, 0.25) is 0 Å². The highest BCUT2D eigenvalue weighted by atomic mass is 16.6. The molecular weight excluding hydrogens is 348 g/mol. The molecule has 8 nitrogen and oxygen atoms in total. The van der Waals surface area contributed by atoms with Gasteiger partial charge in [-0.05, 0) is 43.2 Å². The first-order chi connectivity index (χ1) is 12.9. The molecule has 1 N–H and O–H groups in total. The first-order valence-corrected chi connectivity index (χ1v) is 8.44. The summed E-state index contributed by atoms with van der Waals surface area (Å²) in [5, 5.41) is 18.8. The molecule has 0 bridgehead atoms. The Morgan fingerprint density at radius 2 is 1.96 bits per heavy atom. The molecule has 1 atom stereocenters. The van der Waals surface area contributed by atoms with E-state index in [4.69, 9.17) is 0 Å². The number of hydrogen-bond acceptors (Lipinski definition) is 5. The Bertz CT molecular complexity index is 937. The van der Waals surface area contributed by atoms with Crippen LogP contribution in [0.4, 0.5) is 17.1 Å². The van der Waals surface area contributed by atoms with Crippen molar-refractivity contribution in [1.29, 1.82) is 0 Å². The van der Waals surface area contributed by atoms with E-state index in [2.05, 4.69) is 10.4 Å². The molecule has 0 fully saturated rings. The minimum Gasteiger partial charge on any atom is -0.325 e. The van der Waals surface area contributed by atoms with Gasteiger partial charge in [0.25, 0.3) is 11.6 Å². The Hall–Kier alpha value is -3.55. The number of carbonyl (C=O) groups is 2. The van der Waals surface area contributed by atoms with E-state index in [1.54, 1.807) is 13.0 Å². The lowest BCUT2D eigenvalue weighted by molar-refractivity contribution is -0.384. The van der Waals surface area contributed by atoms with Crippen molar-refractivity contribution < 1.29 is 14.5 Å². The summed E-state index contributed by atoms with van der Waals surface area (Å²) in [5.74, 6) is -1.99. The highest BCUT2D eigenvalue weighted by Crippen LogP contribution is 2.26. The topological polar surface area (TPSA) is 105 Å². The molecule has 138 valence electrons. The molecule has 1 unspecified atom stereocenters. The maximum absolute atomic E-state index is 12.7. The summed E-state index contributed by atoms with van der Waals surface area (Å²) < 4.78 is 0. The number of hydrazone groups is 1. The Morgan fingerprint density at radius 3 is 2.59 bits per heavy atom. The van der Waals surface area contributed by atoms with Gasteiger partial charge in [0.2, 0.25) is 5.91 Å². The molecule has 0 saturated carbocycles. The summed E-state index contributed by atoms with van der Waals surface area (Å²) in [6.07, 6.45) is 0.834. The molecule has 0 radical (unpaired) electrons. The maximum Gasteiger partial charge on any atom is 0.269 e. The van der Waals surface area contributed by atoms with E-state index in [9.17, 15) is 19.7 Å². The third-order valence-corrected chi connectivity index (χ3v) is 4.30. The second-order valence-corrected chi connectivity index (χ2v) is 6.14. The quantitative estimate of drug-likeness (QED) is 0.498. The SMILES string of the molecule is CCc1cccc(NC(=O)C2C(=O)N(c3ccc([N+](=O)[O-])cc3)N=C2C)c1. The first-order valence-electron chi connectivity index (χ1n) is 8.44. The van der Waals surface area contributed by atoms with Crippen molar-refractivity contribution in [2.45, 2.75) is 20.3 Å². The van der Waals surface area contributed by atoms with E-state index < -0.39 is 22.7 Å². The van der Waals surface area contributed by atoms with E-state index >= 15 is 0 Å². The van der Waals surface area contributed by atoms with Crippen molar-refractivity contribution >= 4 is 34.6 Å². The summed E-state index contributed by atoms with van der Waals surface area (Å²) in [4.78, 5) is 35.6. The van der Waals surface area contributed by atoms with Crippen LogP contribution in [-0.2, 0) is 16.0 Å². The lowest BCUT2D eigenvalue weighted by Crippen LogP contribution is -2.36. The molecule has 1 heterocycles. The van der Waals surface area contributed by atoms with Crippen LogP contribution in [0.25, 0.3) is 0 Å². The van der Waals surface area contributed by atoms with Gasteiger partial charge in [-0.2, -0.15) is 10.1 Å². The van der Waals surface area contributed by atoms with Gasteiger partial charge >= 0.3 is 0 Å². The van der Waals surface area contributed by atoms with Gasteiger partial charge in [0.1, 0.15) is 0 Å². The monoisotopic (exact) mass is 366 g/mol. The second kappa shape index (κ2) is 7.36. The van der Waals surface area contributed by atoms with Crippen molar-refractivity contribution in [3.8, 4) is 0 Å². The number of nitrogens with zero attached hydrogens (tertiary/aromatic N) is 3. The van der Waals surface area contributed by atoms with Gasteiger partial charge in [-0.25, -0.2) is 0 Å². The normalized spacial score (nSPS) is 16.2. The molecule has 1 aliphatic rings. The molecular formula is C19H18N4O4. The fourth-order valence-electron chi connectivity index (χ4n) is 2.85. The first kappa shape index (κ1) is 18.2. The van der Waals surface area contributed by atoms with Crippen LogP contribution in [-0.4, -0.2) is 22.4 Å². The average molecular weight is 366 g/mol. The van der Waals surface area contributed by atoms with Crippen molar-refractivity contribution in [2.24, 2.45) is 11.0 Å². The van der Waals surface area contributed by atoms with Crippen LogP contribution in [0.1, 0.15) is 19.4 Å². The van der Waals surface area contributed by atoms with Gasteiger partial charge in [0.15, 0.2) is 5.92 Å². The summed E-state index contributed by atoms with van der Waals surface area (Å²) in [6.45, 7) is 3.62. The summed E-state index contributed by atoms with van der Waals surface area (Å²) in [6, 6.07) is 12.9. The second-order valence-electron chi connectivity index (χ2n) is 6.14. The smallest absolute Gasteiger partial charge is 0.269 e. The number of benzene rings is 2. The van der Waals surface area contributed by atoms with Gasteiger partial charge in [0.05, 0.1) is 16.3 Å². The standard InChI is InChI=1S/C19H18N4O4/c1-3-13-5-4-6-14(11-13)20-18(24)17-12(2)21-22(19(17)25)15-7-9-16(10-8-15)23(26)27/h4-11,17H,3H2,1-2H3,(H,20,24). The number of hydrogen-bond donors (Lipinski definition) is 1. The number of anilines is 2. The molecule has 0 aromatic heterocycles. The maximum atomic E-state index is 12.7. The minimum absolute atomic E-state index is 0.0869. The van der Waals surface area contributed by atoms with Crippen LogP contribution in [0.3, 0.4) is 0 Å². The van der Waals surface area contributed by atoms with Crippen LogP contribution in [0.15, 0.2) is 53.6 Å². The number of nitro groups is 1. The number of rotatable bonds is 5. The average Bonchev–Trinajstić information content (AvgIpc) is 2.96. The summed E-state index contributed by atoms with van der Waals surface area (Å²) in [7, 11) is 0. The van der Waals surface area contributed by atoms with Crippen molar-refractivity contribution in [1.82, 2.24) is 0 Å². The molecule has 2 amide bonds. The molecule has 27 heavy (non-hydrogen) atoms. The lowest BCUT2D eigenvalue weighted by atomic mass is 10.0. The molecule has 2 aromatic rings. The molecule has 0 saturated heterocycles. The van der Waals surface area contributed by atoms with Gasteiger partial charge in [-0.3, -0.25) is 19.7 Å². The molecule has 1 aliphatic heterocycles. The number of non-ortho nitro benzene ring substituents is 1. The summed E-state index contributed by atoms with van der Waals surface area (Å²) in [5.41, 5.74) is 2.34. The predicted octanol–water partition coefficient (Wildman–Crippen LogP) is 3.13. The third kappa shape index (κ3) is 3.69. The fourth-order valence-corrected chi connectivity index (χ4v) is 2.85. The van der Waals surface area contributed by atoms with Crippen LogP contribution in [0.5, 0.6) is 0 Å². The molecule has 3 rings (SSSR count). The molecule has 8 heteroatoms. The Balaban J connectivity index is 1.77. The van der Waals surface area contributed by atoms with Gasteiger partial charge in [-0.15, -0.1) is 0 Å². The van der Waals surface area contributed by atoms with Crippen molar-refractivity contribution in [2.75, 3.05) is 10.3 Å². The number of carbonyl (C=O) groups excluding carboxylic acids is 2. The molecule has 0 aliphatic carbocycles. The Kier molecular flexibility index (Phi) is 4.98. The van der Waals surface area contributed by atoms with Crippen LogP contribution in [0, 0.1) is 16.0 Å². The van der Waals surface area contributed by atoms with Crippen molar-refractivity contribution in [3.63, 3.8) is 0 Å². The summed E-state index contributed by atoms with van der Waals surface area (Å²) >= 11 is 0. The van der Waals surface area contributed by atoms with Gasteiger partial charge < -0.3 is 5.32 Å². The van der Waals surface area contributed by atoms with E-state index in [1.807, 2.05) is 25.1 Å².